The van der Waals surface area contributed by atoms with Crippen LogP contribution in [0.2, 0.25) is 0 Å². The maximum Gasteiger partial charge on any atom is 0.257 e. The van der Waals surface area contributed by atoms with Crippen molar-refractivity contribution in [3.63, 3.8) is 0 Å². The lowest BCUT2D eigenvalue weighted by Crippen LogP contribution is -2.26. The second-order valence-corrected chi connectivity index (χ2v) is 4.68. The lowest BCUT2D eigenvalue weighted by molar-refractivity contribution is 0.0784. The fourth-order valence-electron chi connectivity index (χ4n) is 1.78. The summed E-state index contributed by atoms with van der Waals surface area (Å²) in [5, 5.41) is 0. The van der Waals surface area contributed by atoms with Crippen molar-refractivity contribution in [3.8, 4) is 0 Å². The molecule has 2 rings (SSSR count). The summed E-state index contributed by atoms with van der Waals surface area (Å²) < 4.78 is 4.91. The van der Waals surface area contributed by atoms with Crippen LogP contribution in [0.15, 0.2) is 47.3 Å². The molecule has 98 valence electrons. The minimum absolute atomic E-state index is 0.0884. The zero-order valence-corrected chi connectivity index (χ0v) is 11.3. The highest BCUT2D eigenvalue weighted by Gasteiger charge is 2.13. The van der Waals surface area contributed by atoms with Crippen molar-refractivity contribution < 1.29 is 9.21 Å². The Morgan fingerprint density at radius 2 is 2.16 bits per heavy atom. The zero-order chi connectivity index (χ0) is 13.8. The zero-order valence-electron chi connectivity index (χ0n) is 10.5. The minimum atomic E-state index is -0.0884. The summed E-state index contributed by atoms with van der Waals surface area (Å²) in [6.07, 6.45) is 2.92. The molecule has 5 heteroatoms. The molecule has 0 fully saturated rings. The van der Waals surface area contributed by atoms with Gasteiger partial charge in [0.15, 0.2) is 0 Å². The van der Waals surface area contributed by atoms with Crippen molar-refractivity contribution in [2.45, 2.75) is 6.54 Å². The molecule has 0 aliphatic heterocycles. The van der Waals surface area contributed by atoms with Crippen LogP contribution in [0.5, 0.6) is 0 Å². The summed E-state index contributed by atoms with van der Waals surface area (Å²) >= 11 is 4.94. The molecule has 4 nitrogen and oxygen atoms in total. The first-order valence-corrected chi connectivity index (χ1v) is 6.15. The van der Waals surface area contributed by atoms with Crippen molar-refractivity contribution in [2.24, 2.45) is 5.73 Å². The molecule has 0 radical (unpaired) electrons. The van der Waals surface area contributed by atoms with Crippen LogP contribution in [0.1, 0.15) is 21.5 Å². The smallest absolute Gasteiger partial charge is 0.257 e. The molecule has 0 saturated carbocycles. The number of furan rings is 1. The Bertz CT molecular complexity index is 593. The molecule has 0 bridgehead atoms. The van der Waals surface area contributed by atoms with E-state index in [1.165, 1.54) is 12.5 Å². The van der Waals surface area contributed by atoms with Gasteiger partial charge in [-0.2, -0.15) is 0 Å². The molecule has 2 aromatic rings. The Labute approximate surface area is 116 Å². The van der Waals surface area contributed by atoms with Crippen LogP contribution >= 0.6 is 12.2 Å². The summed E-state index contributed by atoms with van der Waals surface area (Å²) in [4.78, 5) is 14.0. The van der Waals surface area contributed by atoms with Gasteiger partial charge < -0.3 is 15.1 Å². The molecule has 1 aromatic heterocycles. The predicted molar refractivity (Wildman–Crippen MR) is 76.8 cm³/mol. The number of hydrogen-bond donors (Lipinski definition) is 1. The van der Waals surface area contributed by atoms with Crippen molar-refractivity contribution in [3.05, 3.63) is 59.5 Å². The van der Waals surface area contributed by atoms with Crippen LogP contribution in [-0.4, -0.2) is 22.8 Å². The molecule has 2 N–H and O–H groups in total. The Balaban J connectivity index is 2.10. The molecular formula is C14H14N2O2S. The molecular weight excluding hydrogens is 260 g/mol. The normalized spacial score (nSPS) is 10.2. The Morgan fingerprint density at radius 3 is 2.79 bits per heavy atom. The van der Waals surface area contributed by atoms with Crippen LogP contribution in [0.25, 0.3) is 0 Å². The van der Waals surface area contributed by atoms with E-state index < -0.39 is 0 Å². The van der Waals surface area contributed by atoms with E-state index in [0.717, 1.165) is 11.1 Å². The van der Waals surface area contributed by atoms with Gasteiger partial charge in [0.05, 0.1) is 11.8 Å². The van der Waals surface area contributed by atoms with Gasteiger partial charge in [-0.3, -0.25) is 4.79 Å². The second-order valence-electron chi connectivity index (χ2n) is 4.24. The molecule has 0 unspecified atom stereocenters. The Kier molecular flexibility index (Phi) is 3.97. The van der Waals surface area contributed by atoms with Gasteiger partial charge in [-0.1, -0.05) is 30.4 Å². The molecule has 1 heterocycles. The van der Waals surface area contributed by atoms with Crippen LogP contribution in [0.3, 0.4) is 0 Å². The highest BCUT2D eigenvalue weighted by atomic mass is 32.1. The summed E-state index contributed by atoms with van der Waals surface area (Å²) in [5.41, 5.74) is 7.90. The third-order valence-electron chi connectivity index (χ3n) is 2.75. The van der Waals surface area contributed by atoms with Gasteiger partial charge in [0.2, 0.25) is 0 Å². The van der Waals surface area contributed by atoms with Gasteiger partial charge in [-0.05, 0) is 17.7 Å². The summed E-state index contributed by atoms with van der Waals surface area (Å²) in [7, 11) is 1.74. The van der Waals surface area contributed by atoms with E-state index in [1.807, 2.05) is 24.3 Å². The molecule has 0 spiro atoms. The van der Waals surface area contributed by atoms with Gasteiger partial charge in [0, 0.05) is 19.2 Å². The lowest BCUT2D eigenvalue weighted by atomic mass is 10.1. The van der Waals surface area contributed by atoms with E-state index >= 15 is 0 Å². The second kappa shape index (κ2) is 5.67. The number of amides is 1. The quantitative estimate of drug-likeness (QED) is 0.868. The van der Waals surface area contributed by atoms with Crippen LogP contribution in [0, 0.1) is 0 Å². The van der Waals surface area contributed by atoms with Crippen molar-refractivity contribution in [1.29, 1.82) is 0 Å². The van der Waals surface area contributed by atoms with E-state index in [0.29, 0.717) is 17.1 Å². The standard InChI is InChI=1S/C14H14N2O2S/c1-16(14(17)12-5-6-18-9-12)8-10-3-2-4-11(7-10)13(15)19/h2-7,9H,8H2,1H3,(H2,15,19). The van der Waals surface area contributed by atoms with E-state index in [-0.39, 0.29) is 5.91 Å². The molecule has 0 aliphatic carbocycles. The van der Waals surface area contributed by atoms with Crippen LogP contribution < -0.4 is 5.73 Å². The summed E-state index contributed by atoms with van der Waals surface area (Å²) in [5.74, 6) is -0.0884. The first-order valence-electron chi connectivity index (χ1n) is 5.74. The van der Waals surface area contributed by atoms with Gasteiger partial charge >= 0.3 is 0 Å². The van der Waals surface area contributed by atoms with E-state index in [9.17, 15) is 4.79 Å². The highest BCUT2D eigenvalue weighted by Crippen LogP contribution is 2.11. The van der Waals surface area contributed by atoms with Crippen molar-refractivity contribution in [1.82, 2.24) is 4.90 Å². The number of rotatable bonds is 4. The molecule has 1 aromatic carbocycles. The molecule has 0 saturated heterocycles. The first-order chi connectivity index (χ1) is 9.08. The third kappa shape index (κ3) is 3.20. The minimum Gasteiger partial charge on any atom is -0.472 e. The van der Waals surface area contributed by atoms with Crippen LogP contribution in [0.4, 0.5) is 0 Å². The fraction of sp³-hybridized carbons (Fsp3) is 0.143. The molecule has 0 aliphatic rings. The number of carbonyl (C=O) groups is 1. The van der Waals surface area contributed by atoms with Gasteiger partial charge in [0.1, 0.15) is 11.3 Å². The molecule has 19 heavy (non-hydrogen) atoms. The number of nitrogens with zero attached hydrogens (tertiary/aromatic N) is 1. The SMILES string of the molecule is CN(Cc1cccc(C(N)=S)c1)C(=O)c1ccoc1. The average Bonchev–Trinajstić information content (AvgIpc) is 2.92. The molecule has 0 atom stereocenters. The molecule has 1 amide bonds. The topological polar surface area (TPSA) is 59.5 Å². The van der Waals surface area contributed by atoms with Gasteiger partial charge in [-0.25, -0.2) is 0 Å². The number of hydrogen-bond acceptors (Lipinski definition) is 3. The summed E-state index contributed by atoms with van der Waals surface area (Å²) in [6.45, 7) is 0.487. The number of benzene rings is 1. The maximum atomic E-state index is 12.0. The third-order valence-corrected chi connectivity index (χ3v) is 2.98. The van der Waals surface area contributed by atoms with E-state index in [1.54, 1.807) is 18.0 Å². The van der Waals surface area contributed by atoms with Gasteiger partial charge in [0.25, 0.3) is 5.91 Å². The monoisotopic (exact) mass is 274 g/mol. The maximum absolute atomic E-state index is 12.0. The summed E-state index contributed by atoms with van der Waals surface area (Å²) in [6, 6.07) is 9.19. The first kappa shape index (κ1) is 13.3. The lowest BCUT2D eigenvalue weighted by Gasteiger charge is -2.16. The fourth-order valence-corrected chi connectivity index (χ4v) is 1.90. The Hall–Kier alpha value is -2.14. The van der Waals surface area contributed by atoms with Crippen molar-refractivity contribution >= 4 is 23.1 Å². The van der Waals surface area contributed by atoms with Crippen molar-refractivity contribution in [2.75, 3.05) is 7.05 Å². The number of carbonyl (C=O) groups excluding carboxylic acids is 1. The van der Waals surface area contributed by atoms with Crippen LogP contribution in [-0.2, 0) is 6.54 Å². The Morgan fingerprint density at radius 1 is 1.37 bits per heavy atom. The predicted octanol–water partition coefficient (Wildman–Crippen LogP) is 2.19. The van der Waals surface area contributed by atoms with E-state index in [4.69, 9.17) is 22.4 Å². The average molecular weight is 274 g/mol. The van der Waals surface area contributed by atoms with E-state index in [2.05, 4.69) is 0 Å². The largest absolute Gasteiger partial charge is 0.472 e. The number of nitrogens with two attached hydrogens (primary N) is 1. The highest BCUT2D eigenvalue weighted by molar-refractivity contribution is 7.80. The number of thiocarbonyl (C=S) groups is 1. The van der Waals surface area contributed by atoms with Gasteiger partial charge in [-0.15, -0.1) is 0 Å².